The average molecular weight is 234 g/mol. The highest BCUT2D eigenvalue weighted by atomic mass is 16.6. The zero-order chi connectivity index (χ0) is 12.5. The van der Waals surface area contributed by atoms with Crippen molar-refractivity contribution in [3.63, 3.8) is 0 Å². The van der Waals surface area contributed by atoms with E-state index < -0.39 is 4.92 Å². The van der Waals surface area contributed by atoms with E-state index in [9.17, 15) is 10.1 Å². The van der Waals surface area contributed by atoms with Gasteiger partial charge in [0.2, 0.25) is 0 Å². The summed E-state index contributed by atoms with van der Waals surface area (Å²) in [5.41, 5.74) is 2.66. The number of hydrogen-bond donors (Lipinski definition) is 2. The third-order valence-electron chi connectivity index (χ3n) is 1.66. The molecule has 0 saturated heterocycles. The number of anilines is 1. The van der Waals surface area contributed by atoms with Crippen LogP contribution in [0, 0.1) is 10.1 Å². The first-order chi connectivity index (χ1) is 8.24. The van der Waals surface area contributed by atoms with Crippen LogP contribution in [-0.2, 0) is 0 Å². The molecule has 0 saturated carbocycles. The largest absolute Gasteiger partial charge is 0.305 e. The van der Waals surface area contributed by atoms with Gasteiger partial charge in [0.25, 0.3) is 0 Å². The van der Waals surface area contributed by atoms with Crippen molar-refractivity contribution in [2.75, 3.05) is 5.48 Å². The maximum absolute atomic E-state index is 9.93. The van der Waals surface area contributed by atoms with Crippen molar-refractivity contribution in [1.29, 1.82) is 0 Å². The summed E-state index contributed by atoms with van der Waals surface area (Å²) in [6, 6.07) is 9.14. The Labute approximate surface area is 96.9 Å². The lowest BCUT2D eigenvalue weighted by atomic mass is 10.3. The van der Waals surface area contributed by atoms with Gasteiger partial charge in [0.15, 0.2) is 0 Å². The Hall–Kier alpha value is -2.54. The molecule has 17 heavy (non-hydrogen) atoms. The average Bonchev–Trinajstić information content (AvgIpc) is 2.41. The van der Waals surface area contributed by atoms with Crippen molar-refractivity contribution in [2.45, 2.75) is 0 Å². The Kier molecular flexibility index (Phi) is 5.05. The molecule has 7 heteroatoms. The highest BCUT2D eigenvalue weighted by Gasteiger charge is 2.01. The summed E-state index contributed by atoms with van der Waals surface area (Å²) in [5, 5.41) is 18.2. The number of nitro groups is 1. The first-order valence-corrected chi connectivity index (χ1v) is 4.58. The number of benzene rings is 1. The minimum atomic E-state index is -0.542. The Morgan fingerprint density at radius 1 is 1.18 bits per heavy atom. The van der Waals surface area contributed by atoms with Crippen molar-refractivity contribution in [1.82, 2.24) is 9.97 Å². The highest BCUT2D eigenvalue weighted by Crippen LogP contribution is 2.02. The molecule has 0 aliphatic rings. The van der Waals surface area contributed by atoms with Gasteiger partial charge in [-0.1, -0.05) is 18.2 Å². The maximum Gasteiger partial charge on any atom is 0.305 e. The van der Waals surface area contributed by atoms with Crippen molar-refractivity contribution in [3.05, 3.63) is 59.2 Å². The first-order valence-electron chi connectivity index (χ1n) is 4.58. The molecule has 0 unspecified atom stereocenters. The van der Waals surface area contributed by atoms with Crippen molar-refractivity contribution in [3.8, 4) is 0 Å². The SMILES string of the molecule is O=[N+]([O-])c1cncnc1.ONc1ccccc1. The van der Waals surface area contributed by atoms with E-state index in [1.165, 1.54) is 6.33 Å². The van der Waals surface area contributed by atoms with Gasteiger partial charge < -0.3 is 0 Å². The van der Waals surface area contributed by atoms with Crippen LogP contribution in [0.4, 0.5) is 11.4 Å². The Morgan fingerprint density at radius 2 is 1.76 bits per heavy atom. The molecule has 0 aliphatic heterocycles. The monoisotopic (exact) mass is 234 g/mol. The summed E-state index contributed by atoms with van der Waals surface area (Å²) in [4.78, 5) is 16.3. The van der Waals surface area contributed by atoms with Crippen molar-refractivity contribution < 1.29 is 10.1 Å². The van der Waals surface area contributed by atoms with Crippen LogP contribution >= 0.6 is 0 Å². The zero-order valence-corrected chi connectivity index (χ0v) is 8.72. The molecule has 0 amide bonds. The molecular formula is C10H10N4O3. The fraction of sp³-hybridized carbons (Fsp3) is 0. The molecule has 0 bridgehead atoms. The van der Waals surface area contributed by atoms with E-state index in [1.54, 1.807) is 12.1 Å². The molecule has 7 nitrogen and oxygen atoms in total. The van der Waals surface area contributed by atoms with Crippen LogP contribution in [0.15, 0.2) is 49.1 Å². The van der Waals surface area contributed by atoms with Gasteiger partial charge in [-0.2, -0.15) is 0 Å². The van der Waals surface area contributed by atoms with Crippen LogP contribution in [-0.4, -0.2) is 20.1 Å². The van der Waals surface area contributed by atoms with E-state index in [0.717, 1.165) is 12.4 Å². The third kappa shape index (κ3) is 4.67. The molecule has 2 rings (SSSR count). The summed E-state index contributed by atoms with van der Waals surface area (Å²) >= 11 is 0. The topological polar surface area (TPSA) is 101 Å². The van der Waals surface area contributed by atoms with Crippen LogP contribution in [0.5, 0.6) is 0 Å². The second-order valence-corrected chi connectivity index (χ2v) is 2.83. The molecule has 1 aromatic carbocycles. The van der Waals surface area contributed by atoms with Crippen LogP contribution in [0.3, 0.4) is 0 Å². The first kappa shape index (κ1) is 12.5. The molecule has 0 spiro atoms. The van der Waals surface area contributed by atoms with E-state index in [4.69, 9.17) is 5.21 Å². The lowest BCUT2D eigenvalue weighted by Gasteiger charge is -1.92. The van der Waals surface area contributed by atoms with Gasteiger partial charge >= 0.3 is 5.69 Å². The normalized spacial score (nSPS) is 8.76. The van der Waals surface area contributed by atoms with Crippen molar-refractivity contribution in [2.24, 2.45) is 0 Å². The van der Waals surface area contributed by atoms with E-state index in [0.29, 0.717) is 5.69 Å². The van der Waals surface area contributed by atoms with E-state index >= 15 is 0 Å². The molecule has 0 atom stereocenters. The quantitative estimate of drug-likeness (QED) is 0.607. The minimum absolute atomic E-state index is 0.0856. The molecule has 0 radical (unpaired) electrons. The van der Waals surface area contributed by atoms with Crippen LogP contribution in [0.25, 0.3) is 0 Å². The molecule has 1 heterocycles. The third-order valence-corrected chi connectivity index (χ3v) is 1.66. The summed E-state index contributed by atoms with van der Waals surface area (Å²) < 4.78 is 0. The number of hydrogen-bond acceptors (Lipinski definition) is 6. The van der Waals surface area contributed by atoms with Gasteiger partial charge in [0.05, 0.1) is 10.6 Å². The summed E-state index contributed by atoms with van der Waals surface area (Å²) in [6.45, 7) is 0. The molecule has 88 valence electrons. The summed E-state index contributed by atoms with van der Waals surface area (Å²) in [7, 11) is 0. The lowest BCUT2D eigenvalue weighted by Crippen LogP contribution is -1.88. The molecule has 1 aromatic heterocycles. The number of aromatic nitrogens is 2. The second-order valence-electron chi connectivity index (χ2n) is 2.83. The van der Waals surface area contributed by atoms with E-state index in [1.807, 2.05) is 23.7 Å². The lowest BCUT2D eigenvalue weighted by molar-refractivity contribution is -0.385. The second kappa shape index (κ2) is 6.85. The number of para-hydroxylation sites is 1. The van der Waals surface area contributed by atoms with Crippen LogP contribution in [0.2, 0.25) is 0 Å². The van der Waals surface area contributed by atoms with Crippen molar-refractivity contribution >= 4 is 11.4 Å². The summed E-state index contributed by atoms with van der Waals surface area (Å²) in [5.74, 6) is 0. The fourth-order valence-corrected chi connectivity index (χ4v) is 0.898. The van der Waals surface area contributed by atoms with Gasteiger partial charge in [-0.3, -0.25) is 20.8 Å². The van der Waals surface area contributed by atoms with Gasteiger partial charge in [-0.25, -0.2) is 9.97 Å². The maximum atomic E-state index is 9.93. The van der Waals surface area contributed by atoms with Gasteiger partial charge in [0, 0.05) is 0 Å². The fourth-order valence-electron chi connectivity index (χ4n) is 0.898. The molecular weight excluding hydrogens is 224 g/mol. The molecule has 2 N–H and O–H groups in total. The minimum Gasteiger partial charge on any atom is -0.291 e. The van der Waals surface area contributed by atoms with Crippen LogP contribution in [0.1, 0.15) is 0 Å². The standard InChI is InChI=1S/C6H7NO.C4H3N3O2/c8-7-6-4-2-1-3-5-6;8-7(9)4-1-5-3-6-2-4/h1-5,7-8H;1-3H. The predicted octanol–water partition coefficient (Wildman–Crippen LogP) is 1.87. The predicted molar refractivity (Wildman–Crippen MR) is 60.5 cm³/mol. The Bertz CT molecular complexity index is 450. The van der Waals surface area contributed by atoms with E-state index in [2.05, 4.69) is 9.97 Å². The Morgan fingerprint density at radius 3 is 2.12 bits per heavy atom. The zero-order valence-electron chi connectivity index (χ0n) is 8.72. The van der Waals surface area contributed by atoms with Gasteiger partial charge in [0.1, 0.15) is 18.7 Å². The summed E-state index contributed by atoms with van der Waals surface area (Å²) in [6.07, 6.45) is 3.53. The number of rotatable bonds is 2. The molecule has 0 aliphatic carbocycles. The molecule has 2 aromatic rings. The molecule has 0 fully saturated rings. The van der Waals surface area contributed by atoms with Crippen LogP contribution < -0.4 is 5.48 Å². The number of nitrogens with zero attached hydrogens (tertiary/aromatic N) is 3. The Balaban J connectivity index is 0.000000171. The van der Waals surface area contributed by atoms with Gasteiger partial charge in [-0.15, -0.1) is 0 Å². The number of nitrogens with one attached hydrogen (secondary N) is 1. The van der Waals surface area contributed by atoms with E-state index in [-0.39, 0.29) is 5.69 Å². The highest BCUT2D eigenvalue weighted by molar-refractivity contribution is 5.39. The smallest absolute Gasteiger partial charge is 0.291 e. The van der Waals surface area contributed by atoms with Gasteiger partial charge in [-0.05, 0) is 12.1 Å².